The van der Waals surface area contributed by atoms with Gasteiger partial charge in [-0.25, -0.2) is 4.39 Å². The second-order valence-electron chi connectivity index (χ2n) is 5.33. The molecule has 0 fully saturated rings. The first-order valence-corrected chi connectivity index (χ1v) is 7.92. The van der Waals surface area contributed by atoms with E-state index in [1.165, 1.54) is 17.0 Å². The van der Waals surface area contributed by atoms with Gasteiger partial charge in [0.05, 0.1) is 6.42 Å². The average Bonchev–Trinajstić information content (AvgIpc) is 2.82. The van der Waals surface area contributed by atoms with Crippen LogP contribution in [0.2, 0.25) is 0 Å². The minimum atomic E-state index is -0.314. The van der Waals surface area contributed by atoms with Crippen LogP contribution in [0.4, 0.5) is 10.1 Å². The molecule has 2 amide bonds. The van der Waals surface area contributed by atoms with Crippen molar-refractivity contribution >= 4 is 33.4 Å². The zero-order valence-corrected chi connectivity index (χ0v) is 13.8. The number of hydrogen-bond donors (Lipinski definition) is 1. The first kappa shape index (κ1) is 15.7. The van der Waals surface area contributed by atoms with Gasteiger partial charge in [-0.05, 0) is 41.5 Å². The van der Waals surface area contributed by atoms with E-state index in [0.717, 1.165) is 21.3 Å². The van der Waals surface area contributed by atoms with Gasteiger partial charge in [-0.2, -0.15) is 0 Å². The molecule has 0 aliphatic carbocycles. The van der Waals surface area contributed by atoms with Crippen LogP contribution >= 0.6 is 15.9 Å². The summed E-state index contributed by atoms with van der Waals surface area (Å²) in [5, 5.41) is 2.74. The number of rotatable bonds is 4. The Hall–Kier alpha value is -2.21. The van der Waals surface area contributed by atoms with Gasteiger partial charge in [-0.1, -0.05) is 28.1 Å². The molecule has 0 bridgehead atoms. The third kappa shape index (κ3) is 3.59. The average molecular weight is 377 g/mol. The summed E-state index contributed by atoms with van der Waals surface area (Å²) in [5.74, 6) is -0.654. The normalized spacial score (nSPS) is 13.1. The van der Waals surface area contributed by atoms with Crippen molar-refractivity contribution in [2.24, 2.45) is 0 Å². The number of hydrogen-bond acceptors (Lipinski definition) is 2. The fourth-order valence-corrected chi connectivity index (χ4v) is 2.94. The molecule has 2 aromatic rings. The molecule has 4 nitrogen and oxygen atoms in total. The van der Waals surface area contributed by atoms with Crippen LogP contribution in [-0.4, -0.2) is 18.4 Å². The molecule has 1 N–H and O–H groups in total. The minimum Gasteiger partial charge on any atom is -0.350 e. The molecule has 23 heavy (non-hydrogen) atoms. The molecule has 1 heterocycles. The van der Waals surface area contributed by atoms with Gasteiger partial charge in [0.1, 0.15) is 12.4 Å². The first-order valence-electron chi connectivity index (χ1n) is 7.13. The van der Waals surface area contributed by atoms with Crippen molar-refractivity contribution in [3.63, 3.8) is 0 Å². The smallest absolute Gasteiger partial charge is 0.240 e. The number of amides is 2. The fourth-order valence-electron chi connectivity index (χ4n) is 2.53. The molecular weight excluding hydrogens is 363 g/mol. The molecule has 118 valence electrons. The van der Waals surface area contributed by atoms with Gasteiger partial charge < -0.3 is 10.2 Å². The maximum Gasteiger partial charge on any atom is 0.240 e. The highest BCUT2D eigenvalue weighted by atomic mass is 79.9. The van der Waals surface area contributed by atoms with E-state index in [2.05, 4.69) is 21.2 Å². The van der Waals surface area contributed by atoms with Crippen molar-refractivity contribution in [1.29, 1.82) is 0 Å². The zero-order valence-electron chi connectivity index (χ0n) is 12.2. The van der Waals surface area contributed by atoms with E-state index in [9.17, 15) is 14.0 Å². The molecule has 0 aromatic heterocycles. The summed E-state index contributed by atoms with van der Waals surface area (Å²) in [4.78, 5) is 25.6. The molecule has 0 saturated carbocycles. The predicted molar refractivity (Wildman–Crippen MR) is 88.4 cm³/mol. The largest absolute Gasteiger partial charge is 0.350 e. The van der Waals surface area contributed by atoms with Crippen molar-refractivity contribution in [2.45, 2.75) is 13.0 Å². The van der Waals surface area contributed by atoms with E-state index < -0.39 is 0 Å². The fraction of sp³-hybridized carbons (Fsp3) is 0.176. The minimum absolute atomic E-state index is 0.0192. The summed E-state index contributed by atoms with van der Waals surface area (Å²) in [5.41, 5.74) is 2.49. The van der Waals surface area contributed by atoms with Crippen molar-refractivity contribution in [3.8, 4) is 0 Å². The lowest BCUT2D eigenvalue weighted by Gasteiger charge is -2.17. The third-order valence-electron chi connectivity index (χ3n) is 3.68. The van der Waals surface area contributed by atoms with E-state index in [1.807, 2.05) is 18.2 Å². The number of carbonyl (C=O) groups excluding carboxylic acids is 2. The quantitative estimate of drug-likeness (QED) is 0.891. The second kappa shape index (κ2) is 6.50. The number of nitrogens with zero attached hydrogens (tertiary/aromatic N) is 1. The molecule has 2 aromatic carbocycles. The van der Waals surface area contributed by atoms with Crippen LogP contribution < -0.4 is 10.2 Å². The molecule has 0 unspecified atom stereocenters. The lowest BCUT2D eigenvalue weighted by Crippen LogP contribution is -2.38. The van der Waals surface area contributed by atoms with Crippen molar-refractivity contribution < 1.29 is 14.0 Å². The molecule has 3 rings (SSSR count). The molecule has 1 aliphatic heterocycles. The first-order chi connectivity index (χ1) is 11.0. The lowest BCUT2D eigenvalue weighted by atomic mass is 10.2. The van der Waals surface area contributed by atoms with Crippen LogP contribution in [0, 0.1) is 5.82 Å². The molecule has 6 heteroatoms. The van der Waals surface area contributed by atoms with Gasteiger partial charge in [-0.3, -0.25) is 9.59 Å². The summed E-state index contributed by atoms with van der Waals surface area (Å²) >= 11 is 3.38. The molecule has 0 saturated heterocycles. The van der Waals surface area contributed by atoms with Gasteiger partial charge in [-0.15, -0.1) is 0 Å². The number of carbonyl (C=O) groups is 2. The Morgan fingerprint density at radius 1 is 1.22 bits per heavy atom. The summed E-state index contributed by atoms with van der Waals surface area (Å²) in [6.07, 6.45) is 0.306. The van der Waals surface area contributed by atoms with Gasteiger partial charge in [0, 0.05) is 16.7 Å². The number of anilines is 1. The third-order valence-corrected chi connectivity index (χ3v) is 4.17. The highest BCUT2D eigenvalue weighted by molar-refractivity contribution is 9.10. The number of benzene rings is 2. The van der Waals surface area contributed by atoms with Gasteiger partial charge in [0.25, 0.3) is 0 Å². The second-order valence-corrected chi connectivity index (χ2v) is 6.25. The Morgan fingerprint density at radius 2 is 1.96 bits per heavy atom. The predicted octanol–water partition coefficient (Wildman–Crippen LogP) is 2.79. The number of nitrogens with one attached hydrogen (secondary N) is 1. The summed E-state index contributed by atoms with van der Waals surface area (Å²) in [6, 6.07) is 11.5. The Kier molecular flexibility index (Phi) is 4.43. The van der Waals surface area contributed by atoms with Gasteiger partial charge in [0.2, 0.25) is 11.8 Å². The molecule has 0 spiro atoms. The highest BCUT2D eigenvalue weighted by Gasteiger charge is 2.28. The highest BCUT2D eigenvalue weighted by Crippen LogP contribution is 2.30. The zero-order chi connectivity index (χ0) is 16.4. The van der Waals surface area contributed by atoms with Crippen LogP contribution in [-0.2, 0) is 22.6 Å². The van der Waals surface area contributed by atoms with E-state index in [0.29, 0.717) is 13.0 Å². The van der Waals surface area contributed by atoms with Crippen LogP contribution in [0.5, 0.6) is 0 Å². The van der Waals surface area contributed by atoms with Crippen LogP contribution in [0.1, 0.15) is 11.1 Å². The Bertz CT molecular complexity index is 762. The maximum atomic E-state index is 12.8. The number of halogens is 2. The Labute approximate surface area is 141 Å². The van der Waals surface area contributed by atoms with Crippen LogP contribution in [0.25, 0.3) is 0 Å². The number of fused-ring (bicyclic) bond motifs is 1. The van der Waals surface area contributed by atoms with Crippen molar-refractivity contribution in [1.82, 2.24) is 5.32 Å². The Morgan fingerprint density at radius 3 is 2.70 bits per heavy atom. The molecule has 0 radical (unpaired) electrons. The van der Waals surface area contributed by atoms with Crippen molar-refractivity contribution in [3.05, 3.63) is 63.9 Å². The van der Waals surface area contributed by atoms with E-state index in [4.69, 9.17) is 0 Å². The van der Waals surface area contributed by atoms with Crippen LogP contribution in [0.15, 0.2) is 46.9 Å². The van der Waals surface area contributed by atoms with Crippen LogP contribution in [0.3, 0.4) is 0 Å². The summed E-state index contributed by atoms with van der Waals surface area (Å²) in [7, 11) is 0. The lowest BCUT2D eigenvalue weighted by molar-refractivity contribution is -0.123. The SMILES string of the molecule is O=C(CN1C(=O)Cc2cc(Br)ccc21)NCc1ccc(F)cc1. The Balaban J connectivity index is 1.62. The topological polar surface area (TPSA) is 49.4 Å². The summed E-state index contributed by atoms with van der Waals surface area (Å²) in [6.45, 7) is 0.281. The van der Waals surface area contributed by atoms with E-state index in [1.54, 1.807) is 12.1 Å². The maximum absolute atomic E-state index is 12.8. The molecule has 0 atom stereocenters. The molecular formula is C17H14BrFN2O2. The summed E-state index contributed by atoms with van der Waals surface area (Å²) < 4.78 is 13.7. The molecule has 1 aliphatic rings. The van der Waals surface area contributed by atoms with E-state index in [-0.39, 0.29) is 24.2 Å². The standard InChI is InChI=1S/C17H14BrFN2O2/c18-13-3-6-15-12(7-13)8-17(23)21(15)10-16(22)20-9-11-1-4-14(19)5-2-11/h1-7H,8-10H2,(H,20,22). The van der Waals surface area contributed by atoms with E-state index >= 15 is 0 Å². The monoisotopic (exact) mass is 376 g/mol. The van der Waals surface area contributed by atoms with Crippen molar-refractivity contribution in [2.75, 3.05) is 11.4 Å². The van der Waals surface area contributed by atoms with Gasteiger partial charge >= 0.3 is 0 Å². The van der Waals surface area contributed by atoms with Gasteiger partial charge in [0.15, 0.2) is 0 Å².